The van der Waals surface area contributed by atoms with Gasteiger partial charge in [0, 0.05) is 13.2 Å². The zero-order valence-electron chi connectivity index (χ0n) is 7.99. The Hall–Kier alpha value is -1.58. The molecule has 74 valence electrons. The van der Waals surface area contributed by atoms with Crippen molar-refractivity contribution in [3.63, 3.8) is 0 Å². The quantitative estimate of drug-likeness (QED) is 0.776. The van der Waals surface area contributed by atoms with Crippen LogP contribution in [0.4, 0.5) is 0 Å². The average Bonchev–Trinajstić information content (AvgIpc) is 3.01. The zero-order valence-corrected chi connectivity index (χ0v) is 7.99. The van der Waals surface area contributed by atoms with E-state index in [1.54, 1.807) is 25.4 Å². The number of hydrogen-bond acceptors (Lipinski definition) is 3. The largest absolute Gasteiger partial charge is 0.488 e. The van der Waals surface area contributed by atoms with E-state index < -0.39 is 0 Å². The Kier molecular flexibility index (Phi) is 2.35. The van der Waals surface area contributed by atoms with Gasteiger partial charge in [0.25, 0.3) is 5.91 Å². The third-order valence-electron chi connectivity index (χ3n) is 2.03. The second-order valence-electron chi connectivity index (χ2n) is 3.25. The van der Waals surface area contributed by atoms with Crippen LogP contribution in [0.5, 0.6) is 5.75 Å². The van der Waals surface area contributed by atoms with E-state index in [1.807, 2.05) is 0 Å². The van der Waals surface area contributed by atoms with E-state index in [2.05, 4.69) is 10.3 Å². The summed E-state index contributed by atoms with van der Waals surface area (Å²) in [6.45, 7) is 0. The summed E-state index contributed by atoms with van der Waals surface area (Å²) < 4.78 is 5.56. The van der Waals surface area contributed by atoms with Crippen LogP contribution in [-0.4, -0.2) is 24.0 Å². The maximum absolute atomic E-state index is 11.4. The average molecular weight is 192 g/mol. The predicted octanol–water partition coefficient (Wildman–Crippen LogP) is 0.982. The highest BCUT2D eigenvalue weighted by Gasteiger charge is 2.25. The highest BCUT2D eigenvalue weighted by molar-refractivity contribution is 5.94. The fourth-order valence-electron chi connectivity index (χ4n) is 1.14. The van der Waals surface area contributed by atoms with E-state index in [1.165, 1.54) is 0 Å². The van der Waals surface area contributed by atoms with Gasteiger partial charge in [-0.2, -0.15) is 0 Å². The molecule has 1 amide bonds. The van der Waals surface area contributed by atoms with Crippen molar-refractivity contribution in [3.8, 4) is 5.75 Å². The Morgan fingerprint density at radius 2 is 2.43 bits per heavy atom. The molecule has 0 aliphatic heterocycles. The summed E-state index contributed by atoms with van der Waals surface area (Å²) in [5.74, 6) is 0.371. The lowest BCUT2D eigenvalue weighted by Crippen LogP contribution is -2.20. The van der Waals surface area contributed by atoms with Crippen molar-refractivity contribution in [2.45, 2.75) is 18.9 Å². The van der Waals surface area contributed by atoms with Crippen molar-refractivity contribution in [3.05, 3.63) is 24.0 Å². The molecule has 2 rings (SSSR count). The smallest absolute Gasteiger partial charge is 0.273 e. The molecule has 1 fully saturated rings. The minimum absolute atomic E-state index is 0.207. The summed E-state index contributed by atoms with van der Waals surface area (Å²) in [5.41, 5.74) is 0.363. The number of amides is 1. The molecular weight excluding hydrogens is 180 g/mol. The minimum atomic E-state index is -0.207. The maximum atomic E-state index is 11.4. The van der Waals surface area contributed by atoms with Gasteiger partial charge in [0.05, 0.1) is 6.10 Å². The van der Waals surface area contributed by atoms with Gasteiger partial charge in [0.1, 0.15) is 0 Å². The molecule has 1 aliphatic rings. The Morgan fingerprint density at radius 3 is 3.07 bits per heavy atom. The molecule has 0 radical (unpaired) electrons. The molecule has 0 unspecified atom stereocenters. The molecule has 1 aromatic rings. The third kappa shape index (κ3) is 1.84. The summed E-state index contributed by atoms with van der Waals surface area (Å²) in [4.78, 5) is 15.4. The van der Waals surface area contributed by atoms with Gasteiger partial charge in [0.2, 0.25) is 0 Å². The minimum Gasteiger partial charge on any atom is -0.488 e. The van der Waals surface area contributed by atoms with Gasteiger partial charge in [0.15, 0.2) is 11.4 Å². The number of rotatable bonds is 3. The first-order chi connectivity index (χ1) is 6.81. The van der Waals surface area contributed by atoms with Crippen LogP contribution in [0, 0.1) is 0 Å². The monoisotopic (exact) mass is 192 g/mol. The van der Waals surface area contributed by atoms with Crippen LogP contribution in [0.2, 0.25) is 0 Å². The standard InChI is InChI=1S/C10H12N2O2/c1-11-10(13)9-8(3-2-6-12-9)14-7-4-5-7/h2-3,6-7H,4-5H2,1H3,(H,11,13). The Balaban J connectivity index is 2.22. The maximum Gasteiger partial charge on any atom is 0.273 e. The molecule has 0 atom stereocenters. The highest BCUT2D eigenvalue weighted by atomic mass is 16.5. The number of aromatic nitrogens is 1. The molecule has 1 N–H and O–H groups in total. The topological polar surface area (TPSA) is 51.2 Å². The molecule has 0 saturated heterocycles. The van der Waals surface area contributed by atoms with Crippen molar-refractivity contribution in [2.24, 2.45) is 0 Å². The molecule has 1 heterocycles. The lowest BCUT2D eigenvalue weighted by molar-refractivity contribution is 0.0953. The summed E-state index contributed by atoms with van der Waals surface area (Å²) >= 11 is 0. The van der Waals surface area contributed by atoms with Crippen LogP contribution in [0.15, 0.2) is 18.3 Å². The van der Waals surface area contributed by atoms with Crippen molar-refractivity contribution < 1.29 is 9.53 Å². The van der Waals surface area contributed by atoms with E-state index in [0.29, 0.717) is 11.4 Å². The van der Waals surface area contributed by atoms with E-state index in [9.17, 15) is 4.79 Å². The zero-order chi connectivity index (χ0) is 9.97. The summed E-state index contributed by atoms with van der Waals surface area (Å²) in [7, 11) is 1.58. The number of nitrogens with one attached hydrogen (secondary N) is 1. The van der Waals surface area contributed by atoms with Crippen LogP contribution >= 0.6 is 0 Å². The van der Waals surface area contributed by atoms with Crippen LogP contribution < -0.4 is 10.1 Å². The van der Waals surface area contributed by atoms with E-state index in [-0.39, 0.29) is 12.0 Å². The lowest BCUT2D eigenvalue weighted by Gasteiger charge is -2.07. The van der Waals surface area contributed by atoms with Crippen LogP contribution in [0.25, 0.3) is 0 Å². The van der Waals surface area contributed by atoms with E-state index >= 15 is 0 Å². The number of pyridine rings is 1. The first-order valence-corrected chi connectivity index (χ1v) is 4.65. The molecular formula is C10H12N2O2. The summed E-state index contributed by atoms with van der Waals surface area (Å²) in [6.07, 6.45) is 4.01. The van der Waals surface area contributed by atoms with E-state index in [4.69, 9.17) is 4.74 Å². The summed E-state index contributed by atoms with van der Waals surface area (Å²) in [5, 5.41) is 2.53. The van der Waals surface area contributed by atoms with Gasteiger partial charge < -0.3 is 10.1 Å². The molecule has 0 aromatic carbocycles. The van der Waals surface area contributed by atoms with Crippen LogP contribution in [0.3, 0.4) is 0 Å². The van der Waals surface area contributed by atoms with Gasteiger partial charge in [-0.05, 0) is 25.0 Å². The molecule has 0 bridgehead atoms. The molecule has 4 nitrogen and oxygen atoms in total. The second-order valence-corrected chi connectivity index (χ2v) is 3.25. The van der Waals surface area contributed by atoms with Crippen LogP contribution in [0.1, 0.15) is 23.3 Å². The van der Waals surface area contributed by atoms with Gasteiger partial charge in [-0.25, -0.2) is 4.98 Å². The Bertz CT molecular complexity index is 348. The van der Waals surface area contributed by atoms with Gasteiger partial charge in [-0.1, -0.05) is 0 Å². The molecule has 1 saturated carbocycles. The van der Waals surface area contributed by atoms with Gasteiger partial charge >= 0.3 is 0 Å². The number of nitrogens with zero attached hydrogens (tertiary/aromatic N) is 1. The normalized spacial score (nSPS) is 14.9. The van der Waals surface area contributed by atoms with Crippen molar-refractivity contribution in [1.29, 1.82) is 0 Å². The molecule has 1 aliphatic carbocycles. The highest BCUT2D eigenvalue weighted by Crippen LogP contribution is 2.27. The number of hydrogen-bond donors (Lipinski definition) is 1. The molecule has 4 heteroatoms. The summed E-state index contributed by atoms with van der Waals surface area (Å²) in [6, 6.07) is 3.54. The van der Waals surface area contributed by atoms with Gasteiger partial charge in [-0.3, -0.25) is 4.79 Å². The van der Waals surface area contributed by atoms with E-state index in [0.717, 1.165) is 12.8 Å². The lowest BCUT2D eigenvalue weighted by atomic mass is 10.3. The Labute approximate surface area is 82.3 Å². The van der Waals surface area contributed by atoms with Crippen molar-refractivity contribution in [2.75, 3.05) is 7.05 Å². The van der Waals surface area contributed by atoms with Gasteiger partial charge in [-0.15, -0.1) is 0 Å². The van der Waals surface area contributed by atoms with Crippen molar-refractivity contribution in [1.82, 2.24) is 10.3 Å². The SMILES string of the molecule is CNC(=O)c1ncccc1OC1CC1. The number of ether oxygens (including phenoxy) is 1. The predicted molar refractivity (Wildman–Crippen MR) is 51.3 cm³/mol. The number of carbonyl (C=O) groups is 1. The number of carbonyl (C=O) groups excluding carboxylic acids is 1. The first kappa shape index (κ1) is 8.99. The molecule has 1 aromatic heterocycles. The fourth-order valence-corrected chi connectivity index (χ4v) is 1.14. The third-order valence-corrected chi connectivity index (χ3v) is 2.03. The van der Waals surface area contributed by atoms with Crippen molar-refractivity contribution >= 4 is 5.91 Å². The van der Waals surface area contributed by atoms with Crippen LogP contribution in [-0.2, 0) is 0 Å². The first-order valence-electron chi connectivity index (χ1n) is 4.65. The molecule has 0 spiro atoms. The second kappa shape index (κ2) is 3.65. The fraction of sp³-hybridized carbons (Fsp3) is 0.400. The molecule has 14 heavy (non-hydrogen) atoms. The Morgan fingerprint density at radius 1 is 1.64 bits per heavy atom.